The van der Waals surface area contributed by atoms with Crippen molar-refractivity contribution >= 4 is 18.0 Å². The van der Waals surface area contributed by atoms with Crippen molar-refractivity contribution in [1.29, 1.82) is 0 Å². The van der Waals surface area contributed by atoms with Gasteiger partial charge in [-0.15, -0.1) is 5.06 Å². The van der Waals surface area contributed by atoms with Gasteiger partial charge in [-0.05, 0) is 56.9 Å². The maximum absolute atomic E-state index is 6.02. The molecule has 0 spiro atoms. The number of benzene rings is 1. The third kappa shape index (κ3) is 3.27. The summed E-state index contributed by atoms with van der Waals surface area (Å²) in [5.74, 6) is 1.51. The lowest BCUT2D eigenvalue weighted by atomic mass is 9.98. The van der Waals surface area contributed by atoms with Crippen LogP contribution in [0.25, 0.3) is 5.57 Å². The van der Waals surface area contributed by atoms with Crippen molar-refractivity contribution in [3.8, 4) is 11.5 Å². The molecular formula is C19H26N2O2. The average Bonchev–Trinajstić information content (AvgIpc) is 3.25. The van der Waals surface area contributed by atoms with Gasteiger partial charge in [0.25, 0.3) is 0 Å². The van der Waals surface area contributed by atoms with E-state index in [4.69, 9.17) is 9.57 Å². The Balaban J connectivity index is 1.99. The van der Waals surface area contributed by atoms with Crippen LogP contribution in [0.3, 0.4) is 0 Å². The highest BCUT2D eigenvalue weighted by Gasteiger charge is 2.22. The molecule has 1 aromatic carbocycles. The van der Waals surface area contributed by atoms with Crippen LogP contribution in [0.1, 0.15) is 51.0 Å². The molecule has 0 bridgehead atoms. The van der Waals surface area contributed by atoms with E-state index in [9.17, 15) is 0 Å². The van der Waals surface area contributed by atoms with Crippen LogP contribution in [0.15, 0.2) is 22.7 Å². The van der Waals surface area contributed by atoms with Gasteiger partial charge < -0.3 is 9.57 Å². The Morgan fingerprint density at radius 1 is 1.13 bits per heavy atom. The number of methoxy groups -OCH3 is 1. The zero-order valence-corrected chi connectivity index (χ0v) is 14.2. The van der Waals surface area contributed by atoms with Gasteiger partial charge in [0.05, 0.1) is 12.8 Å². The quantitative estimate of drug-likeness (QED) is 0.710. The van der Waals surface area contributed by atoms with Crippen LogP contribution in [0.5, 0.6) is 11.5 Å². The van der Waals surface area contributed by atoms with Gasteiger partial charge in [0.1, 0.15) is 0 Å². The molecule has 4 heteroatoms. The largest absolute Gasteiger partial charge is 0.493 e. The minimum Gasteiger partial charge on any atom is -0.493 e. The number of hydrogen-bond donors (Lipinski definition) is 0. The molecule has 124 valence electrons. The van der Waals surface area contributed by atoms with Crippen LogP contribution in [0.4, 0.5) is 5.69 Å². The Morgan fingerprint density at radius 2 is 1.91 bits per heavy atom. The minimum absolute atomic E-state index is 0.734. The Kier molecular flexibility index (Phi) is 5.01. The molecule has 3 rings (SSSR count). The van der Waals surface area contributed by atoms with Crippen LogP contribution in [0, 0.1) is 0 Å². The fourth-order valence-electron chi connectivity index (χ4n) is 3.59. The number of rotatable bonds is 6. The Labute approximate surface area is 138 Å². The molecule has 0 saturated carbocycles. The molecule has 1 heterocycles. The van der Waals surface area contributed by atoms with Crippen molar-refractivity contribution in [3.05, 3.63) is 23.3 Å². The van der Waals surface area contributed by atoms with Gasteiger partial charge in [0.15, 0.2) is 11.5 Å². The molecule has 0 radical (unpaired) electrons. The SMILES string of the molecule is C=Nc1cc(ON2CCCC2)c(OC)cc1C1=C(CC)CCC1. The van der Waals surface area contributed by atoms with E-state index in [0.29, 0.717) is 0 Å². The van der Waals surface area contributed by atoms with Gasteiger partial charge in [0, 0.05) is 24.7 Å². The summed E-state index contributed by atoms with van der Waals surface area (Å²) in [5, 5.41) is 2.00. The Hall–Kier alpha value is -1.81. The summed E-state index contributed by atoms with van der Waals surface area (Å²) in [6.07, 6.45) is 6.99. The van der Waals surface area contributed by atoms with Crippen molar-refractivity contribution in [2.24, 2.45) is 4.99 Å². The molecule has 1 aromatic rings. The first-order valence-corrected chi connectivity index (χ1v) is 8.59. The van der Waals surface area contributed by atoms with E-state index >= 15 is 0 Å². The second-order valence-electron chi connectivity index (χ2n) is 6.19. The molecule has 1 saturated heterocycles. The first-order chi connectivity index (χ1) is 11.3. The number of hydroxylamine groups is 2. The number of nitrogens with zero attached hydrogens (tertiary/aromatic N) is 2. The van der Waals surface area contributed by atoms with Crippen molar-refractivity contribution < 1.29 is 9.57 Å². The molecule has 23 heavy (non-hydrogen) atoms. The molecule has 0 atom stereocenters. The maximum Gasteiger partial charge on any atom is 0.191 e. The normalized spacial score (nSPS) is 18.5. The zero-order chi connectivity index (χ0) is 16.2. The zero-order valence-electron chi connectivity index (χ0n) is 14.2. The van der Waals surface area contributed by atoms with Gasteiger partial charge >= 0.3 is 0 Å². The first-order valence-electron chi connectivity index (χ1n) is 8.59. The molecule has 0 N–H and O–H groups in total. The van der Waals surface area contributed by atoms with E-state index < -0.39 is 0 Å². The molecule has 2 aliphatic rings. The van der Waals surface area contributed by atoms with Crippen LogP contribution >= 0.6 is 0 Å². The number of ether oxygens (including phenoxy) is 1. The first kappa shape index (κ1) is 16.1. The molecular weight excluding hydrogens is 288 g/mol. The van der Waals surface area contributed by atoms with Gasteiger partial charge in [0.2, 0.25) is 0 Å². The summed E-state index contributed by atoms with van der Waals surface area (Å²) in [4.78, 5) is 10.3. The van der Waals surface area contributed by atoms with Gasteiger partial charge in [-0.3, -0.25) is 4.99 Å². The monoisotopic (exact) mass is 314 g/mol. The lowest BCUT2D eigenvalue weighted by Gasteiger charge is -2.20. The molecule has 0 unspecified atom stereocenters. The molecule has 1 fully saturated rings. The van der Waals surface area contributed by atoms with Crippen LogP contribution in [0.2, 0.25) is 0 Å². The predicted octanol–water partition coefficient (Wildman–Crippen LogP) is 4.76. The second kappa shape index (κ2) is 7.18. The fraction of sp³-hybridized carbons (Fsp3) is 0.526. The summed E-state index contributed by atoms with van der Waals surface area (Å²) in [5.41, 5.74) is 4.99. The predicted molar refractivity (Wildman–Crippen MR) is 94.7 cm³/mol. The third-order valence-electron chi connectivity index (χ3n) is 4.83. The van der Waals surface area contributed by atoms with Crippen LogP contribution in [-0.4, -0.2) is 32.0 Å². The van der Waals surface area contributed by atoms with E-state index in [-0.39, 0.29) is 0 Å². The van der Waals surface area contributed by atoms with Gasteiger partial charge in [-0.25, -0.2) is 0 Å². The highest BCUT2D eigenvalue weighted by Crippen LogP contribution is 2.44. The molecule has 1 aliphatic carbocycles. The molecule has 1 aliphatic heterocycles. The Morgan fingerprint density at radius 3 is 2.57 bits per heavy atom. The van der Waals surface area contributed by atoms with E-state index in [1.807, 2.05) is 11.1 Å². The van der Waals surface area contributed by atoms with Crippen molar-refractivity contribution in [2.45, 2.75) is 45.4 Å². The van der Waals surface area contributed by atoms with Gasteiger partial charge in [-0.1, -0.05) is 12.5 Å². The van der Waals surface area contributed by atoms with Crippen molar-refractivity contribution in [1.82, 2.24) is 5.06 Å². The van der Waals surface area contributed by atoms with E-state index in [2.05, 4.69) is 24.7 Å². The van der Waals surface area contributed by atoms with Crippen molar-refractivity contribution in [2.75, 3.05) is 20.2 Å². The second-order valence-corrected chi connectivity index (χ2v) is 6.19. The summed E-state index contributed by atoms with van der Waals surface area (Å²) in [7, 11) is 1.70. The maximum atomic E-state index is 6.02. The summed E-state index contributed by atoms with van der Waals surface area (Å²) in [6, 6.07) is 4.05. The highest BCUT2D eigenvalue weighted by atomic mass is 16.7. The highest BCUT2D eigenvalue weighted by molar-refractivity contribution is 5.81. The van der Waals surface area contributed by atoms with E-state index in [1.54, 1.807) is 7.11 Å². The number of allylic oxidation sites excluding steroid dienone is 2. The molecule has 0 aromatic heterocycles. The summed E-state index contributed by atoms with van der Waals surface area (Å²) in [6.45, 7) is 7.92. The van der Waals surface area contributed by atoms with Crippen LogP contribution < -0.4 is 9.57 Å². The molecule has 0 amide bonds. The Bertz CT molecular complexity index is 616. The van der Waals surface area contributed by atoms with Gasteiger partial charge in [-0.2, -0.15) is 0 Å². The topological polar surface area (TPSA) is 34.1 Å². The van der Waals surface area contributed by atoms with E-state index in [1.165, 1.54) is 36.8 Å². The lowest BCUT2D eigenvalue weighted by Crippen LogP contribution is -2.23. The number of hydrogen-bond acceptors (Lipinski definition) is 4. The minimum atomic E-state index is 0.734. The fourth-order valence-corrected chi connectivity index (χ4v) is 3.59. The number of aliphatic imine (C=N–C) groups is 1. The van der Waals surface area contributed by atoms with Crippen LogP contribution in [-0.2, 0) is 0 Å². The van der Waals surface area contributed by atoms with Crippen molar-refractivity contribution in [3.63, 3.8) is 0 Å². The third-order valence-corrected chi connectivity index (χ3v) is 4.83. The standard InChI is InChI=1S/C19H26N2O2/c1-4-14-8-7-9-15(14)16-12-18(22-3)19(13-17(16)20-2)23-21-10-5-6-11-21/h12-13H,2,4-11H2,1,3H3. The smallest absolute Gasteiger partial charge is 0.191 e. The molecule has 4 nitrogen and oxygen atoms in total. The van der Waals surface area contributed by atoms with E-state index in [0.717, 1.165) is 48.7 Å². The summed E-state index contributed by atoms with van der Waals surface area (Å²) >= 11 is 0. The lowest BCUT2D eigenvalue weighted by molar-refractivity contribution is -0.0367. The summed E-state index contributed by atoms with van der Waals surface area (Å²) < 4.78 is 5.59. The average molecular weight is 314 g/mol.